The minimum absolute atomic E-state index is 0.0155. The monoisotopic (exact) mass is 210 g/mol. The lowest BCUT2D eigenvalue weighted by Crippen LogP contribution is -2.24. The normalized spacial score (nSPS) is 19.2. The van der Waals surface area contributed by atoms with Gasteiger partial charge in [0.1, 0.15) is 0 Å². The van der Waals surface area contributed by atoms with Gasteiger partial charge in [0.25, 0.3) is 0 Å². The standard InChI is InChI=1S/C13H10N2O/c1-2-10-7-13(16)15(9-10)12-5-3-4-11(6-12)8-14/h1,3-6,10H,7,9H2. The summed E-state index contributed by atoms with van der Waals surface area (Å²) in [6.07, 6.45) is 5.71. The van der Waals surface area contributed by atoms with Gasteiger partial charge in [0.05, 0.1) is 11.6 Å². The zero-order valence-electron chi connectivity index (χ0n) is 8.68. The van der Waals surface area contributed by atoms with Crippen molar-refractivity contribution in [1.82, 2.24) is 0 Å². The van der Waals surface area contributed by atoms with Crippen LogP contribution in [-0.4, -0.2) is 12.5 Å². The van der Waals surface area contributed by atoms with Crippen molar-refractivity contribution in [2.75, 3.05) is 11.4 Å². The number of nitriles is 1. The Bertz CT molecular complexity index is 507. The number of rotatable bonds is 1. The first-order chi connectivity index (χ1) is 7.74. The Hall–Kier alpha value is -2.26. The first kappa shape index (κ1) is 10.3. The molecule has 1 fully saturated rings. The van der Waals surface area contributed by atoms with Gasteiger partial charge in [0.15, 0.2) is 0 Å². The molecule has 1 aromatic carbocycles. The Kier molecular flexibility index (Phi) is 2.62. The summed E-state index contributed by atoms with van der Waals surface area (Å²) in [7, 11) is 0. The van der Waals surface area contributed by atoms with Crippen LogP contribution in [0.5, 0.6) is 0 Å². The van der Waals surface area contributed by atoms with Gasteiger partial charge in [-0.3, -0.25) is 4.79 Å². The zero-order valence-corrected chi connectivity index (χ0v) is 8.68. The number of benzene rings is 1. The Morgan fingerprint density at radius 2 is 2.31 bits per heavy atom. The quantitative estimate of drug-likeness (QED) is 0.660. The average Bonchev–Trinajstić information content (AvgIpc) is 2.71. The SMILES string of the molecule is C#CC1CC(=O)N(c2cccc(C#N)c2)C1. The third-order valence-electron chi connectivity index (χ3n) is 2.65. The van der Waals surface area contributed by atoms with Crippen molar-refractivity contribution in [3.8, 4) is 18.4 Å². The van der Waals surface area contributed by atoms with Gasteiger partial charge in [-0.2, -0.15) is 5.26 Å². The molecule has 2 rings (SSSR count). The van der Waals surface area contributed by atoms with Gasteiger partial charge in [-0.25, -0.2) is 0 Å². The number of amides is 1. The highest BCUT2D eigenvalue weighted by Crippen LogP contribution is 2.25. The molecule has 1 amide bonds. The molecule has 1 unspecified atom stereocenters. The van der Waals surface area contributed by atoms with Crippen LogP contribution in [0.15, 0.2) is 24.3 Å². The maximum absolute atomic E-state index is 11.7. The van der Waals surface area contributed by atoms with E-state index in [4.69, 9.17) is 11.7 Å². The molecular weight excluding hydrogens is 200 g/mol. The van der Waals surface area contributed by atoms with E-state index in [0.29, 0.717) is 18.5 Å². The third kappa shape index (κ3) is 1.76. The van der Waals surface area contributed by atoms with E-state index in [-0.39, 0.29) is 11.8 Å². The summed E-state index contributed by atoms with van der Waals surface area (Å²) in [5.41, 5.74) is 1.30. The van der Waals surface area contributed by atoms with Gasteiger partial charge in [0.2, 0.25) is 5.91 Å². The maximum atomic E-state index is 11.7. The Morgan fingerprint density at radius 3 is 2.94 bits per heavy atom. The van der Waals surface area contributed by atoms with Gasteiger partial charge in [-0.15, -0.1) is 12.3 Å². The Morgan fingerprint density at radius 1 is 1.50 bits per heavy atom. The molecule has 1 aliphatic heterocycles. The molecule has 0 aliphatic carbocycles. The topological polar surface area (TPSA) is 44.1 Å². The first-order valence-corrected chi connectivity index (χ1v) is 5.01. The Labute approximate surface area is 94.3 Å². The maximum Gasteiger partial charge on any atom is 0.228 e. The van der Waals surface area contributed by atoms with Crippen LogP contribution in [-0.2, 0) is 4.79 Å². The van der Waals surface area contributed by atoms with Crippen molar-refractivity contribution in [3.63, 3.8) is 0 Å². The smallest absolute Gasteiger partial charge is 0.228 e. The molecule has 0 bridgehead atoms. The van der Waals surface area contributed by atoms with E-state index >= 15 is 0 Å². The molecule has 16 heavy (non-hydrogen) atoms. The molecule has 78 valence electrons. The fourth-order valence-corrected chi connectivity index (χ4v) is 1.81. The molecule has 0 aromatic heterocycles. The van der Waals surface area contributed by atoms with E-state index < -0.39 is 0 Å². The fraction of sp³-hybridized carbons (Fsp3) is 0.231. The van der Waals surface area contributed by atoms with Gasteiger partial charge in [0, 0.05) is 24.6 Å². The molecule has 3 heteroatoms. The largest absolute Gasteiger partial charge is 0.311 e. The first-order valence-electron chi connectivity index (χ1n) is 5.01. The predicted molar refractivity (Wildman–Crippen MR) is 60.5 cm³/mol. The van der Waals surface area contributed by atoms with E-state index in [9.17, 15) is 4.79 Å². The number of carbonyl (C=O) groups is 1. The number of carbonyl (C=O) groups excluding carboxylic acids is 1. The number of terminal acetylenes is 1. The molecule has 0 radical (unpaired) electrons. The molecule has 0 spiro atoms. The fourth-order valence-electron chi connectivity index (χ4n) is 1.81. The summed E-state index contributed by atoms with van der Waals surface area (Å²) in [5, 5.41) is 8.78. The van der Waals surface area contributed by atoms with E-state index in [2.05, 4.69) is 12.0 Å². The Balaban J connectivity index is 2.29. The molecule has 1 aliphatic rings. The highest BCUT2D eigenvalue weighted by molar-refractivity contribution is 5.96. The van der Waals surface area contributed by atoms with E-state index in [1.165, 1.54) is 0 Å². The molecule has 0 N–H and O–H groups in total. The van der Waals surface area contributed by atoms with Gasteiger partial charge in [-0.05, 0) is 18.2 Å². The second-order valence-electron chi connectivity index (χ2n) is 3.73. The van der Waals surface area contributed by atoms with Crippen molar-refractivity contribution in [1.29, 1.82) is 5.26 Å². The zero-order chi connectivity index (χ0) is 11.5. The van der Waals surface area contributed by atoms with Gasteiger partial charge in [-0.1, -0.05) is 6.07 Å². The average molecular weight is 210 g/mol. The third-order valence-corrected chi connectivity index (χ3v) is 2.65. The number of hydrogen-bond donors (Lipinski definition) is 0. The summed E-state index contributed by atoms with van der Waals surface area (Å²) >= 11 is 0. The number of hydrogen-bond acceptors (Lipinski definition) is 2. The van der Waals surface area contributed by atoms with Gasteiger partial charge < -0.3 is 4.90 Å². The van der Waals surface area contributed by atoms with Crippen molar-refractivity contribution < 1.29 is 4.79 Å². The van der Waals surface area contributed by atoms with Gasteiger partial charge >= 0.3 is 0 Å². The van der Waals surface area contributed by atoms with Crippen LogP contribution in [0.2, 0.25) is 0 Å². The highest BCUT2D eigenvalue weighted by Gasteiger charge is 2.29. The lowest BCUT2D eigenvalue weighted by atomic mass is 10.1. The van der Waals surface area contributed by atoms with Crippen LogP contribution in [0.1, 0.15) is 12.0 Å². The molecule has 0 saturated carbocycles. The lowest BCUT2D eigenvalue weighted by molar-refractivity contribution is -0.117. The van der Waals surface area contributed by atoms with E-state index in [1.807, 2.05) is 6.07 Å². The number of anilines is 1. The molecule has 1 heterocycles. The summed E-state index contributed by atoms with van der Waals surface area (Å²) in [6.45, 7) is 0.546. The molecule has 1 aromatic rings. The van der Waals surface area contributed by atoms with Crippen molar-refractivity contribution in [2.45, 2.75) is 6.42 Å². The van der Waals surface area contributed by atoms with Crippen LogP contribution >= 0.6 is 0 Å². The van der Waals surface area contributed by atoms with Crippen LogP contribution in [0.4, 0.5) is 5.69 Å². The van der Waals surface area contributed by atoms with Crippen LogP contribution in [0.3, 0.4) is 0 Å². The molecule has 3 nitrogen and oxygen atoms in total. The lowest BCUT2D eigenvalue weighted by Gasteiger charge is -2.15. The summed E-state index contributed by atoms with van der Waals surface area (Å²) < 4.78 is 0. The van der Waals surface area contributed by atoms with E-state index in [1.54, 1.807) is 23.1 Å². The van der Waals surface area contributed by atoms with Crippen molar-refractivity contribution in [2.24, 2.45) is 5.92 Å². The van der Waals surface area contributed by atoms with Crippen molar-refractivity contribution in [3.05, 3.63) is 29.8 Å². The molecule has 1 atom stereocenters. The summed E-state index contributed by atoms with van der Waals surface area (Å²) in [6, 6.07) is 9.05. The summed E-state index contributed by atoms with van der Waals surface area (Å²) in [4.78, 5) is 13.3. The molecule has 1 saturated heterocycles. The van der Waals surface area contributed by atoms with Crippen LogP contribution in [0, 0.1) is 29.6 Å². The van der Waals surface area contributed by atoms with Crippen LogP contribution < -0.4 is 4.90 Å². The molecular formula is C13H10N2O. The second-order valence-corrected chi connectivity index (χ2v) is 3.73. The minimum Gasteiger partial charge on any atom is -0.311 e. The van der Waals surface area contributed by atoms with Crippen LogP contribution in [0.25, 0.3) is 0 Å². The van der Waals surface area contributed by atoms with Crippen molar-refractivity contribution >= 4 is 11.6 Å². The second kappa shape index (κ2) is 4.08. The summed E-state index contributed by atoms with van der Waals surface area (Å²) in [5.74, 6) is 2.61. The minimum atomic E-state index is -0.0155. The predicted octanol–water partition coefficient (Wildman–Crippen LogP) is 1.54. The van der Waals surface area contributed by atoms with E-state index in [0.717, 1.165) is 5.69 Å². The highest BCUT2D eigenvalue weighted by atomic mass is 16.2. The number of nitrogens with zero attached hydrogens (tertiary/aromatic N) is 2.